The Balaban J connectivity index is 4.14. The minimum atomic E-state index is -0.789. The Hall–Kier alpha value is -4.45. The highest BCUT2D eigenvalue weighted by Crippen LogP contribution is 2.14. The van der Waals surface area contributed by atoms with E-state index in [0.717, 1.165) is 154 Å². The van der Waals surface area contributed by atoms with Gasteiger partial charge < -0.3 is 14.2 Å². The predicted molar refractivity (Wildman–Crippen MR) is 325 cm³/mol. The van der Waals surface area contributed by atoms with Crippen LogP contribution in [-0.2, 0) is 28.6 Å². The van der Waals surface area contributed by atoms with E-state index in [4.69, 9.17) is 14.2 Å². The van der Waals surface area contributed by atoms with Gasteiger partial charge >= 0.3 is 17.9 Å². The van der Waals surface area contributed by atoms with Gasteiger partial charge in [-0.2, -0.15) is 0 Å². The molecule has 0 spiro atoms. The predicted octanol–water partition coefficient (Wildman–Crippen LogP) is 21.0. The van der Waals surface area contributed by atoms with E-state index in [1.54, 1.807) is 0 Å². The molecule has 0 saturated carbocycles. The first-order valence-electron chi connectivity index (χ1n) is 30.7. The van der Waals surface area contributed by atoms with Crippen LogP contribution in [0.25, 0.3) is 0 Å². The molecule has 0 aliphatic heterocycles. The van der Waals surface area contributed by atoms with Crippen LogP contribution in [0.15, 0.2) is 134 Å². The Morgan fingerprint density at radius 2 is 0.520 bits per heavy atom. The first-order chi connectivity index (χ1) is 37.0. The SMILES string of the molecule is CC/C=C\C/C=C\C/C=C\C/C=C\C/C=C\C/C=C\C/C=C\C/C=C\C/C=C\CCCCCCCC(=O)OCC(COC(=O)CCCCCCC)OC(=O)CCCCCCCCCCC/C=C\C/C=C\CCCCC. The lowest BCUT2D eigenvalue weighted by atomic mass is 10.1. The third kappa shape index (κ3) is 60.3. The van der Waals surface area contributed by atoms with Crippen LogP contribution < -0.4 is 0 Å². The Morgan fingerprint density at radius 1 is 0.280 bits per heavy atom. The van der Waals surface area contributed by atoms with Gasteiger partial charge in [-0.1, -0.05) is 257 Å². The van der Waals surface area contributed by atoms with Crippen LogP contribution in [-0.4, -0.2) is 37.2 Å². The maximum Gasteiger partial charge on any atom is 0.306 e. The van der Waals surface area contributed by atoms with E-state index < -0.39 is 6.10 Å². The standard InChI is InChI=1S/C69H112O6/c1-4-7-10-13-15-17-19-21-23-25-27-28-29-30-31-32-33-34-35-36-37-38-39-40-42-43-45-47-49-51-53-56-59-62-68(71)74-65-66(64-73-67(70)61-58-55-12-9-6-3)75-69(72)63-60-57-54-52-50-48-46-44-41-26-24-22-20-18-16-14-11-8-5-2/h7,10,15-18,21-24,27-28,30-31,33-34,36-37,39-40,43,45,66H,4-6,8-9,11-14,19-20,25-26,29,32,35,38,41-42,44,46-65H2,1-3H3/b10-7-,17-15-,18-16-,23-21-,24-22-,28-27-,31-30-,34-33-,37-36-,40-39-,45-43-. The smallest absolute Gasteiger partial charge is 0.306 e. The van der Waals surface area contributed by atoms with Crippen LogP contribution in [0.1, 0.15) is 265 Å². The second kappa shape index (κ2) is 62.1. The molecular weight excluding hydrogens is 925 g/mol. The summed E-state index contributed by atoms with van der Waals surface area (Å²) >= 11 is 0. The molecule has 0 aromatic carbocycles. The van der Waals surface area contributed by atoms with E-state index in [0.29, 0.717) is 19.3 Å². The van der Waals surface area contributed by atoms with Crippen molar-refractivity contribution in [1.82, 2.24) is 0 Å². The quantitative estimate of drug-likeness (QED) is 0.0261. The van der Waals surface area contributed by atoms with E-state index in [1.807, 2.05) is 0 Å². The number of esters is 3. The van der Waals surface area contributed by atoms with E-state index in [2.05, 4.69) is 154 Å². The van der Waals surface area contributed by atoms with Gasteiger partial charge in [-0.25, -0.2) is 0 Å². The van der Waals surface area contributed by atoms with Crippen LogP contribution >= 0.6 is 0 Å². The number of hydrogen-bond donors (Lipinski definition) is 0. The largest absolute Gasteiger partial charge is 0.462 e. The van der Waals surface area contributed by atoms with Gasteiger partial charge in [-0.3, -0.25) is 14.4 Å². The van der Waals surface area contributed by atoms with Crippen molar-refractivity contribution in [2.24, 2.45) is 0 Å². The third-order valence-corrected chi connectivity index (χ3v) is 12.6. The molecule has 0 aromatic rings. The van der Waals surface area contributed by atoms with Crippen molar-refractivity contribution in [3.63, 3.8) is 0 Å². The minimum Gasteiger partial charge on any atom is -0.462 e. The Bertz CT molecular complexity index is 1620. The highest BCUT2D eigenvalue weighted by molar-refractivity contribution is 5.71. The van der Waals surface area contributed by atoms with Gasteiger partial charge in [-0.05, 0) is 122 Å². The molecule has 0 radical (unpaired) electrons. The molecule has 0 heterocycles. The molecule has 1 unspecified atom stereocenters. The number of rotatable bonds is 54. The highest BCUT2D eigenvalue weighted by atomic mass is 16.6. The summed E-state index contributed by atoms with van der Waals surface area (Å²) in [5, 5.41) is 0. The van der Waals surface area contributed by atoms with Crippen LogP contribution in [0.4, 0.5) is 0 Å². The topological polar surface area (TPSA) is 78.9 Å². The lowest BCUT2D eigenvalue weighted by Gasteiger charge is -2.18. The number of ether oxygens (including phenoxy) is 3. The summed E-state index contributed by atoms with van der Waals surface area (Å²) in [6.07, 6.45) is 87.8. The molecule has 0 aliphatic carbocycles. The molecular formula is C69H112O6. The van der Waals surface area contributed by atoms with E-state index in [9.17, 15) is 14.4 Å². The fourth-order valence-electron chi connectivity index (χ4n) is 8.05. The molecule has 0 aromatic heterocycles. The molecule has 6 heteroatoms. The summed E-state index contributed by atoms with van der Waals surface area (Å²) in [5.41, 5.74) is 0. The summed E-state index contributed by atoms with van der Waals surface area (Å²) in [4.78, 5) is 37.9. The molecule has 75 heavy (non-hydrogen) atoms. The van der Waals surface area contributed by atoms with Crippen LogP contribution in [0.3, 0.4) is 0 Å². The average Bonchev–Trinajstić information content (AvgIpc) is 3.41. The Labute approximate surface area is 462 Å². The molecule has 0 saturated heterocycles. The van der Waals surface area contributed by atoms with Crippen LogP contribution in [0, 0.1) is 0 Å². The van der Waals surface area contributed by atoms with E-state index in [-0.39, 0.29) is 31.1 Å². The normalized spacial score (nSPS) is 13.1. The zero-order valence-corrected chi connectivity index (χ0v) is 48.5. The monoisotopic (exact) mass is 1040 g/mol. The minimum absolute atomic E-state index is 0.0893. The molecule has 0 fully saturated rings. The molecule has 1 atom stereocenters. The summed E-state index contributed by atoms with van der Waals surface area (Å²) in [6.45, 7) is 6.39. The van der Waals surface area contributed by atoms with Crippen molar-refractivity contribution >= 4 is 17.9 Å². The number of hydrogen-bond acceptors (Lipinski definition) is 6. The maximum absolute atomic E-state index is 12.8. The number of allylic oxidation sites excluding steroid dienone is 22. The lowest BCUT2D eigenvalue weighted by molar-refractivity contribution is -0.167. The highest BCUT2D eigenvalue weighted by Gasteiger charge is 2.19. The zero-order chi connectivity index (χ0) is 54.3. The van der Waals surface area contributed by atoms with Gasteiger partial charge in [0, 0.05) is 19.3 Å². The first kappa shape index (κ1) is 70.5. The number of carbonyl (C=O) groups is 3. The summed E-state index contributed by atoms with van der Waals surface area (Å²) < 4.78 is 16.7. The third-order valence-electron chi connectivity index (χ3n) is 12.6. The van der Waals surface area contributed by atoms with Gasteiger partial charge in [0.15, 0.2) is 6.10 Å². The summed E-state index contributed by atoms with van der Waals surface area (Å²) in [6, 6.07) is 0. The molecule has 6 nitrogen and oxygen atoms in total. The molecule has 0 bridgehead atoms. The van der Waals surface area contributed by atoms with Crippen molar-refractivity contribution in [2.45, 2.75) is 271 Å². The van der Waals surface area contributed by atoms with Gasteiger partial charge in [0.05, 0.1) is 0 Å². The van der Waals surface area contributed by atoms with Crippen LogP contribution in [0.2, 0.25) is 0 Å². The summed E-state index contributed by atoms with van der Waals surface area (Å²) in [5.74, 6) is -0.929. The van der Waals surface area contributed by atoms with Gasteiger partial charge in [0.2, 0.25) is 0 Å². The molecule has 0 aliphatic rings. The molecule has 0 amide bonds. The van der Waals surface area contributed by atoms with E-state index >= 15 is 0 Å². The Morgan fingerprint density at radius 3 is 0.840 bits per heavy atom. The van der Waals surface area contributed by atoms with Crippen LogP contribution in [0.5, 0.6) is 0 Å². The number of carbonyl (C=O) groups excluding carboxylic acids is 3. The fraction of sp³-hybridized carbons (Fsp3) is 0.638. The second-order valence-corrected chi connectivity index (χ2v) is 19.9. The van der Waals surface area contributed by atoms with Crippen molar-refractivity contribution < 1.29 is 28.6 Å². The second-order valence-electron chi connectivity index (χ2n) is 19.9. The molecule has 0 rings (SSSR count). The molecule has 424 valence electrons. The van der Waals surface area contributed by atoms with Crippen molar-refractivity contribution in [2.75, 3.05) is 13.2 Å². The maximum atomic E-state index is 12.8. The fourth-order valence-corrected chi connectivity index (χ4v) is 8.05. The zero-order valence-electron chi connectivity index (χ0n) is 48.5. The van der Waals surface area contributed by atoms with Gasteiger partial charge in [0.25, 0.3) is 0 Å². The summed E-state index contributed by atoms with van der Waals surface area (Å²) in [7, 11) is 0. The van der Waals surface area contributed by atoms with Gasteiger partial charge in [-0.15, -0.1) is 0 Å². The lowest BCUT2D eigenvalue weighted by Crippen LogP contribution is -2.30. The van der Waals surface area contributed by atoms with Crippen molar-refractivity contribution in [3.8, 4) is 0 Å². The van der Waals surface area contributed by atoms with Gasteiger partial charge in [0.1, 0.15) is 13.2 Å². The first-order valence-corrected chi connectivity index (χ1v) is 30.7. The van der Waals surface area contributed by atoms with Crippen molar-refractivity contribution in [3.05, 3.63) is 134 Å². The average molecular weight is 1040 g/mol. The van der Waals surface area contributed by atoms with E-state index in [1.165, 1.54) is 70.6 Å². The van der Waals surface area contributed by atoms with Crippen molar-refractivity contribution in [1.29, 1.82) is 0 Å². The Kier molecular flexibility index (Phi) is 58.4. The molecule has 0 N–H and O–H groups in total. The number of unbranched alkanes of at least 4 members (excludes halogenated alkanes) is 21.